The molecule has 1 aromatic carbocycles. The summed E-state index contributed by atoms with van der Waals surface area (Å²) in [5.41, 5.74) is 3.86. The molecule has 3 heterocycles. The maximum atomic E-state index is 6.50. The Labute approximate surface area is 192 Å². The SMILES string of the molecule is Clc1ncc(CNC2CCC(Oc3cc(N4CCOCC4)cc4nccnc34)CC2)cn1. The summed E-state index contributed by atoms with van der Waals surface area (Å²) in [6.07, 6.45) is 11.3. The van der Waals surface area contributed by atoms with Gasteiger partial charge in [0.15, 0.2) is 0 Å². The largest absolute Gasteiger partial charge is 0.488 e. The number of morpholine rings is 1. The van der Waals surface area contributed by atoms with Crippen molar-refractivity contribution in [2.45, 2.75) is 44.4 Å². The third kappa shape index (κ3) is 5.09. The normalized spacial score (nSPS) is 21.6. The van der Waals surface area contributed by atoms with E-state index in [1.807, 2.05) is 0 Å². The molecule has 0 unspecified atom stereocenters. The monoisotopic (exact) mass is 454 g/mol. The first-order valence-electron chi connectivity index (χ1n) is 11.2. The van der Waals surface area contributed by atoms with Crippen molar-refractivity contribution in [2.75, 3.05) is 31.2 Å². The first-order valence-corrected chi connectivity index (χ1v) is 11.6. The summed E-state index contributed by atoms with van der Waals surface area (Å²) in [7, 11) is 0. The number of rotatable bonds is 6. The van der Waals surface area contributed by atoms with Crippen molar-refractivity contribution < 1.29 is 9.47 Å². The van der Waals surface area contributed by atoms with Crippen LogP contribution in [0.5, 0.6) is 5.75 Å². The summed E-state index contributed by atoms with van der Waals surface area (Å²) in [5, 5.41) is 3.88. The van der Waals surface area contributed by atoms with E-state index in [2.05, 4.69) is 42.3 Å². The van der Waals surface area contributed by atoms with E-state index in [-0.39, 0.29) is 11.4 Å². The third-order valence-electron chi connectivity index (χ3n) is 6.14. The zero-order chi connectivity index (χ0) is 21.8. The number of hydrogen-bond acceptors (Lipinski definition) is 8. The third-order valence-corrected chi connectivity index (χ3v) is 6.33. The highest BCUT2D eigenvalue weighted by molar-refractivity contribution is 6.28. The second kappa shape index (κ2) is 9.94. The maximum Gasteiger partial charge on any atom is 0.222 e. The van der Waals surface area contributed by atoms with Crippen LogP contribution in [-0.2, 0) is 11.3 Å². The van der Waals surface area contributed by atoms with E-state index in [4.69, 9.17) is 21.1 Å². The van der Waals surface area contributed by atoms with Crippen LogP contribution < -0.4 is 15.0 Å². The molecule has 1 N–H and O–H groups in total. The van der Waals surface area contributed by atoms with Crippen LogP contribution in [0.4, 0.5) is 5.69 Å². The molecule has 0 atom stereocenters. The van der Waals surface area contributed by atoms with Gasteiger partial charge in [0, 0.05) is 67.8 Å². The average molecular weight is 455 g/mol. The molecule has 8 nitrogen and oxygen atoms in total. The van der Waals surface area contributed by atoms with Gasteiger partial charge in [0.1, 0.15) is 11.3 Å². The van der Waals surface area contributed by atoms with E-state index >= 15 is 0 Å². The van der Waals surface area contributed by atoms with Gasteiger partial charge >= 0.3 is 0 Å². The first kappa shape index (κ1) is 21.3. The summed E-state index contributed by atoms with van der Waals surface area (Å²) in [6.45, 7) is 3.98. The average Bonchev–Trinajstić information content (AvgIpc) is 2.85. The number of halogens is 1. The van der Waals surface area contributed by atoms with Gasteiger partial charge in [0.2, 0.25) is 5.28 Å². The molecule has 3 aromatic rings. The lowest BCUT2D eigenvalue weighted by Gasteiger charge is -2.31. The van der Waals surface area contributed by atoms with Gasteiger partial charge in [0.25, 0.3) is 0 Å². The molecular weight excluding hydrogens is 428 g/mol. The fraction of sp³-hybridized carbons (Fsp3) is 0.478. The Kier molecular flexibility index (Phi) is 6.61. The van der Waals surface area contributed by atoms with E-state index < -0.39 is 0 Å². The molecule has 1 saturated carbocycles. The van der Waals surface area contributed by atoms with Gasteiger partial charge in [-0.2, -0.15) is 0 Å². The van der Waals surface area contributed by atoms with Crippen molar-refractivity contribution in [3.63, 3.8) is 0 Å². The second-order valence-electron chi connectivity index (χ2n) is 8.30. The Hall–Kier alpha value is -2.55. The fourth-order valence-electron chi connectivity index (χ4n) is 4.38. The van der Waals surface area contributed by atoms with Crippen molar-refractivity contribution in [1.82, 2.24) is 25.3 Å². The zero-order valence-electron chi connectivity index (χ0n) is 17.9. The number of nitrogens with zero attached hydrogens (tertiary/aromatic N) is 5. The summed E-state index contributed by atoms with van der Waals surface area (Å²) in [4.78, 5) is 19.5. The summed E-state index contributed by atoms with van der Waals surface area (Å²) >= 11 is 5.76. The van der Waals surface area contributed by atoms with Crippen molar-refractivity contribution in [3.05, 3.63) is 47.8 Å². The number of fused-ring (bicyclic) bond motifs is 1. The van der Waals surface area contributed by atoms with Crippen LogP contribution in [0.25, 0.3) is 11.0 Å². The minimum Gasteiger partial charge on any atom is -0.488 e. The molecule has 32 heavy (non-hydrogen) atoms. The van der Waals surface area contributed by atoms with Crippen molar-refractivity contribution >= 4 is 28.3 Å². The predicted octanol–water partition coefficient (Wildman–Crippen LogP) is 3.39. The summed E-state index contributed by atoms with van der Waals surface area (Å²) in [6, 6.07) is 4.68. The van der Waals surface area contributed by atoms with Crippen molar-refractivity contribution in [1.29, 1.82) is 0 Å². The van der Waals surface area contributed by atoms with Gasteiger partial charge in [0.05, 0.1) is 24.8 Å². The lowest BCUT2D eigenvalue weighted by atomic mass is 9.92. The predicted molar refractivity (Wildman–Crippen MR) is 123 cm³/mol. The number of aromatic nitrogens is 4. The van der Waals surface area contributed by atoms with Gasteiger partial charge in [-0.05, 0) is 43.4 Å². The minimum atomic E-state index is 0.178. The molecule has 5 rings (SSSR count). The van der Waals surface area contributed by atoms with Crippen LogP contribution in [0.3, 0.4) is 0 Å². The highest BCUT2D eigenvalue weighted by Crippen LogP contribution is 2.33. The molecule has 2 aromatic heterocycles. The van der Waals surface area contributed by atoms with Gasteiger partial charge in [-0.3, -0.25) is 4.98 Å². The van der Waals surface area contributed by atoms with Gasteiger partial charge in [-0.15, -0.1) is 0 Å². The van der Waals surface area contributed by atoms with E-state index in [0.29, 0.717) is 6.04 Å². The van der Waals surface area contributed by atoms with E-state index in [0.717, 1.165) is 86.6 Å². The molecule has 9 heteroatoms. The Bertz CT molecular complexity index is 1040. The molecule has 1 aliphatic heterocycles. The number of anilines is 1. The molecule has 0 radical (unpaired) electrons. The Morgan fingerprint density at radius 2 is 1.75 bits per heavy atom. The lowest BCUT2D eigenvalue weighted by molar-refractivity contribution is 0.122. The van der Waals surface area contributed by atoms with Crippen LogP contribution in [0.2, 0.25) is 5.28 Å². The highest BCUT2D eigenvalue weighted by atomic mass is 35.5. The maximum absolute atomic E-state index is 6.50. The second-order valence-corrected chi connectivity index (χ2v) is 8.64. The molecule has 2 fully saturated rings. The first-order chi connectivity index (χ1) is 15.7. The smallest absolute Gasteiger partial charge is 0.222 e. The highest BCUT2D eigenvalue weighted by Gasteiger charge is 2.24. The van der Waals surface area contributed by atoms with Gasteiger partial charge in [-0.25, -0.2) is 15.0 Å². The van der Waals surface area contributed by atoms with Crippen molar-refractivity contribution in [3.8, 4) is 5.75 Å². The minimum absolute atomic E-state index is 0.178. The van der Waals surface area contributed by atoms with Crippen molar-refractivity contribution in [2.24, 2.45) is 0 Å². The molecule has 168 valence electrons. The molecule has 2 aliphatic rings. The van der Waals surface area contributed by atoms with E-state index in [1.54, 1.807) is 24.8 Å². The van der Waals surface area contributed by atoms with Gasteiger partial charge in [-0.1, -0.05) is 0 Å². The zero-order valence-corrected chi connectivity index (χ0v) is 18.7. The Morgan fingerprint density at radius 1 is 1.00 bits per heavy atom. The van der Waals surface area contributed by atoms with Crippen LogP contribution in [-0.4, -0.2) is 58.4 Å². The Balaban J connectivity index is 1.22. The molecule has 1 saturated heterocycles. The lowest BCUT2D eigenvalue weighted by Crippen LogP contribution is -2.36. The van der Waals surface area contributed by atoms with E-state index in [9.17, 15) is 0 Å². The van der Waals surface area contributed by atoms with E-state index in [1.165, 1.54) is 0 Å². The fourth-order valence-corrected chi connectivity index (χ4v) is 4.48. The molecule has 1 aliphatic carbocycles. The quantitative estimate of drug-likeness (QED) is 0.567. The van der Waals surface area contributed by atoms with Gasteiger partial charge < -0.3 is 19.7 Å². The molecular formula is C23H27ClN6O2. The van der Waals surface area contributed by atoms with Crippen LogP contribution in [0.1, 0.15) is 31.2 Å². The Morgan fingerprint density at radius 3 is 2.53 bits per heavy atom. The summed E-state index contributed by atoms with van der Waals surface area (Å²) in [5.74, 6) is 0.826. The molecule has 0 spiro atoms. The number of nitrogens with one attached hydrogen (secondary N) is 1. The van der Waals surface area contributed by atoms with Crippen LogP contribution in [0, 0.1) is 0 Å². The molecule has 0 bridgehead atoms. The number of ether oxygens (including phenoxy) is 2. The van der Waals surface area contributed by atoms with Crippen LogP contribution >= 0.6 is 11.6 Å². The topological polar surface area (TPSA) is 85.3 Å². The number of benzene rings is 1. The summed E-state index contributed by atoms with van der Waals surface area (Å²) < 4.78 is 12.0. The molecule has 0 amide bonds. The number of hydrogen-bond donors (Lipinski definition) is 1. The standard InChI is InChI=1S/C23H27ClN6O2/c24-23-28-14-16(15-29-23)13-27-17-1-3-19(4-2-17)32-21-12-18(30-7-9-31-10-8-30)11-20-22(21)26-6-5-25-20/h5-6,11-12,14-15,17,19,27H,1-4,7-10,13H2. The van der Waals surface area contributed by atoms with Crippen LogP contribution in [0.15, 0.2) is 36.9 Å².